The van der Waals surface area contributed by atoms with Crippen molar-refractivity contribution in [1.82, 2.24) is 4.57 Å². The highest BCUT2D eigenvalue weighted by Crippen LogP contribution is 2.51. The van der Waals surface area contributed by atoms with Crippen LogP contribution in [0.1, 0.15) is 20.3 Å². The molecule has 2 unspecified atom stereocenters. The maximum absolute atomic E-state index is 6.30. The molecule has 0 spiro atoms. The van der Waals surface area contributed by atoms with E-state index in [9.17, 15) is 0 Å². The lowest BCUT2D eigenvalue weighted by Gasteiger charge is -2.29. The average Bonchev–Trinajstić information content (AvgIpc) is 3.98. The van der Waals surface area contributed by atoms with Crippen LogP contribution >= 0.6 is 11.3 Å². The average molecular weight is 928 g/mol. The third-order valence-electron chi connectivity index (χ3n) is 15.4. The van der Waals surface area contributed by atoms with Crippen molar-refractivity contribution in [3.8, 4) is 44.5 Å². The summed E-state index contributed by atoms with van der Waals surface area (Å²) in [5.41, 5.74) is 13.9. The minimum atomic E-state index is 0.0849. The molecule has 0 bridgehead atoms. The fourth-order valence-corrected chi connectivity index (χ4v) is 13.6. The lowest BCUT2D eigenvalue weighted by Crippen LogP contribution is -2.25. The normalized spacial score (nSPS) is 14.5. The predicted octanol–water partition coefficient (Wildman–Crippen LogP) is 19.3. The molecular weight excluding hydrogens is 879 g/mol. The molecule has 0 N–H and O–H groups in total. The summed E-state index contributed by atoms with van der Waals surface area (Å²) < 4.78 is 11.4. The van der Waals surface area contributed by atoms with Gasteiger partial charge in [0.15, 0.2) is 0 Å². The maximum atomic E-state index is 6.30. The topological polar surface area (TPSA) is 14.2 Å². The van der Waals surface area contributed by atoms with Gasteiger partial charge in [-0.15, -0.1) is 11.3 Å². The van der Waals surface area contributed by atoms with Gasteiger partial charge < -0.3 is 9.30 Å². The number of nitrogens with zero attached hydrogens (tertiary/aromatic N) is 1. The number of fused-ring (bicyclic) bond motifs is 10. The van der Waals surface area contributed by atoms with Gasteiger partial charge in [0.05, 0.1) is 17.1 Å². The van der Waals surface area contributed by atoms with Crippen LogP contribution in [-0.2, 0) is 4.74 Å². The highest BCUT2D eigenvalue weighted by Gasteiger charge is 2.28. The molecule has 1 aliphatic carbocycles. The summed E-state index contributed by atoms with van der Waals surface area (Å²) in [6, 6.07) is 77.1. The number of allylic oxidation sites excluding steroid dienone is 3. The summed E-state index contributed by atoms with van der Waals surface area (Å²) >= 11 is 1.91. The third-order valence-corrected chi connectivity index (χ3v) is 16.6. The number of ether oxygens (including phenoxy) is 1. The highest BCUT2D eigenvalue weighted by molar-refractivity contribution is 7.26. The molecule has 14 rings (SSSR count). The molecule has 0 saturated heterocycles. The van der Waals surface area contributed by atoms with Crippen LogP contribution in [0, 0.1) is 5.92 Å². The molecule has 1 aliphatic rings. The minimum Gasteiger partial charge on any atom is -0.378 e. The first-order chi connectivity index (χ1) is 35.2. The van der Waals surface area contributed by atoms with E-state index < -0.39 is 0 Å². The molecule has 0 saturated carbocycles. The Hall–Kier alpha value is -8.08. The van der Waals surface area contributed by atoms with Gasteiger partial charge in [-0.25, -0.2) is 0 Å². The van der Waals surface area contributed by atoms with Crippen LogP contribution in [0.5, 0.6) is 0 Å². The molecule has 11 aromatic carbocycles. The van der Waals surface area contributed by atoms with Crippen LogP contribution in [0.4, 0.5) is 0 Å². The van der Waals surface area contributed by atoms with Gasteiger partial charge in [-0.1, -0.05) is 194 Å². The van der Waals surface area contributed by atoms with Crippen molar-refractivity contribution in [3.05, 3.63) is 224 Å². The van der Waals surface area contributed by atoms with E-state index in [0.29, 0.717) is 6.61 Å². The zero-order chi connectivity index (χ0) is 47.2. The van der Waals surface area contributed by atoms with E-state index >= 15 is 0 Å². The minimum absolute atomic E-state index is 0.0849. The Morgan fingerprint density at radius 3 is 1.62 bits per heavy atom. The van der Waals surface area contributed by atoms with E-state index in [-0.39, 0.29) is 12.0 Å². The number of benzene rings is 11. The second-order valence-electron chi connectivity index (χ2n) is 19.1. The smallest absolute Gasteiger partial charge is 0.0632 e. The standard InChI is InChI=1S/C68H49NOS/c1-3-70-42(2)45-23-15-17-36-59(45)69-60-37-18-16-32-55(60)67-56(34-20-38-61(67)69)65-50-28-11-13-30-52(50)66(53-31-14-12-29-51(53)65)57-35-19-33-54-58-41-44(39-40-62(58)71-68(54)57)64-48-26-9-7-24-46(48)63(43-21-5-4-6-22-43)47-25-8-10-27-49(47)64/h4-22,24-42,45H,3,23H2,1-2H3. The first-order valence-electron chi connectivity index (χ1n) is 25.1. The second-order valence-corrected chi connectivity index (χ2v) is 20.2. The molecule has 2 aromatic heterocycles. The van der Waals surface area contributed by atoms with Gasteiger partial charge in [-0.3, -0.25) is 0 Å². The van der Waals surface area contributed by atoms with Gasteiger partial charge >= 0.3 is 0 Å². The summed E-state index contributed by atoms with van der Waals surface area (Å²) in [6.07, 6.45) is 7.85. The van der Waals surface area contributed by atoms with Crippen molar-refractivity contribution in [2.24, 2.45) is 5.92 Å². The Balaban J connectivity index is 0.987. The van der Waals surface area contributed by atoms with Crippen molar-refractivity contribution in [1.29, 1.82) is 0 Å². The number of rotatable bonds is 8. The number of hydrogen-bond donors (Lipinski definition) is 0. The number of aromatic nitrogens is 1. The summed E-state index contributed by atoms with van der Waals surface area (Å²) in [5, 5.41) is 15.2. The van der Waals surface area contributed by atoms with Crippen LogP contribution < -0.4 is 0 Å². The van der Waals surface area contributed by atoms with Crippen molar-refractivity contribution in [3.63, 3.8) is 0 Å². The van der Waals surface area contributed by atoms with Gasteiger partial charge in [0.2, 0.25) is 0 Å². The largest absolute Gasteiger partial charge is 0.378 e. The molecule has 3 heteroatoms. The van der Waals surface area contributed by atoms with Crippen LogP contribution in [0.3, 0.4) is 0 Å². The molecule has 13 aromatic rings. The van der Waals surface area contributed by atoms with E-state index in [4.69, 9.17) is 4.74 Å². The molecule has 2 heterocycles. The lowest BCUT2D eigenvalue weighted by molar-refractivity contribution is 0.0494. The molecule has 71 heavy (non-hydrogen) atoms. The molecule has 0 radical (unpaired) electrons. The van der Waals surface area contributed by atoms with Crippen LogP contribution in [0.15, 0.2) is 224 Å². The summed E-state index contributed by atoms with van der Waals surface area (Å²) in [5.74, 6) is 0.234. The Labute approximate surface area is 417 Å². The predicted molar refractivity (Wildman–Crippen MR) is 307 cm³/mol. The van der Waals surface area contributed by atoms with Crippen LogP contribution in [0.25, 0.3) is 135 Å². The van der Waals surface area contributed by atoms with Gasteiger partial charge in [0, 0.05) is 54.7 Å². The van der Waals surface area contributed by atoms with Crippen molar-refractivity contribution >= 4 is 102 Å². The summed E-state index contributed by atoms with van der Waals surface area (Å²) in [7, 11) is 0. The van der Waals surface area contributed by atoms with E-state index in [0.717, 1.165) is 6.42 Å². The lowest BCUT2D eigenvalue weighted by atomic mass is 9.84. The van der Waals surface area contributed by atoms with E-state index in [1.54, 1.807) is 0 Å². The monoisotopic (exact) mass is 927 g/mol. The van der Waals surface area contributed by atoms with E-state index in [1.807, 2.05) is 11.3 Å². The molecular formula is C68H49NOS. The van der Waals surface area contributed by atoms with Crippen LogP contribution in [0.2, 0.25) is 0 Å². The van der Waals surface area contributed by atoms with E-state index in [1.165, 1.54) is 135 Å². The first-order valence-corrected chi connectivity index (χ1v) is 25.9. The molecule has 0 aliphatic heterocycles. The maximum Gasteiger partial charge on any atom is 0.0632 e. The fourth-order valence-electron chi connectivity index (χ4n) is 12.4. The quantitative estimate of drug-likeness (QED) is 0.139. The summed E-state index contributed by atoms with van der Waals surface area (Å²) in [6.45, 7) is 5.02. The van der Waals surface area contributed by atoms with Crippen LogP contribution in [-0.4, -0.2) is 17.3 Å². The Morgan fingerprint density at radius 1 is 0.479 bits per heavy atom. The molecule has 338 valence electrons. The third kappa shape index (κ3) is 6.43. The Morgan fingerprint density at radius 2 is 0.986 bits per heavy atom. The van der Waals surface area contributed by atoms with Gasteiger partial charge in [0.1, 0.15) is 0 Å². The Kier molecular flexibility index (Phi) is 9.91. The molecule has 0 amide bonds. The zero-order valence-electron chi connectivity index (χ0n) is 39.7. The zero-order valence-corrected chi connectivity index (χ0v) is 40.5. The van der Waals surface area contributed by atoms with E-state index in [2.05, 4.69) is 243 Å². The SMILES string of the molecule is CCOC(C)C1CC=CC=C1n1c2ccccc2c2c(-c3c4ccccc4c(-c4cccc5c4sc4ccc(-c6c7ccccc7c(-c7ccccc7)c7ccccc67)cc45)c4ccccc34)cccc21. The summed E-state index contributed by atoms with van der Waals surface area (Å²) in [4.78, 5) is 0. The van der Waals surface area contributed by atoms with Gasteiger partial charge in [-0.2, -0.15) is 0 Å². The fraction of sp³-hybridized carbons (Fsp3) is 0.0882. The number of hydrogen-bond acceptors (Lipinski definition) is 2. The molecule has 2 nitrogen and oxygen atoms in total. The number of para-hydroxylation sites is 1. The first kappa shape index (κ1) is 41.9. The van der Waals surface area contributed by atoms with Crippen molar-refractivity contribution in [2.75, 3.05) is 6.61 Å². The number of thiophene rings is 1. The van der Waals surface area contributed by atoms with Crippen molar-refractivity contribution in [2.45, 2.75) is 26.4 Å². The van der Waals surface area contributed by atoms with Gasteiger partial charge in [0.25, 0.3) is 0 Å². The molecule has 2 atom stereocenters. The second kappa shape index (κ2) is 16.8. The Bertz CT molecular complexity index is 4240. The highest BCUT2D eigenvalue weighted by atomic mass is 32.1. The van der Waals surface area contributed by atoms with Crippen molar-refractivity contribution < 1.29 is 4.74 Å². The van der Waals surface area contributed by atoms with Gasteiger partial charge in [-0.05, 0) is 133 Å². The molecule has 0 fully saturated rings.